The van der Waals surface area contributed by atoms with E-state index in [-0.39, 0.29) is 23.7 Å². The average molecular weight is 788 g/mol. The summed E-state index contributed by atoms with van der Waals surface area (Å²) in [6, 6.07) is 17.7. The molecule has 308 valence electrons. The quantitative estimate of drug-likeness (QED) is 0.124. The minimum absolute atomic E-state index is 0.242. The van der Waals surface area contributed by atoms with Gasteiger partial charge in [-0.1, -0.05) is 36.4 Å². The third kappa shape index (κ3) is 10.3. The second-order valence-corrected chi connectivity index (χ2v) is 16.5. The van der Waals surface area contributed by atoms with Crippen molar-refractivity contribution in [3.8, 4) is 0 Å². The van der Waals surface area contributed by atoms with Crippen LogP contribution in [0.1, 0.15) is 38.5 Å². The Morgan fingerprint density at radius 3 is 1.30 bits per heavy atom. The number of nitrogens with zero attached hydrogens (tertiary/aromatic N) is 2. The zero-order valence-corrected chi connectivity index (χ0v) is 33.3. The van der Waals surface area contributed by atoms with E-state index in [4.69, 9.17) is 9.47 Å². The van der Waals surface area contributed by atoms with Crippen molar-refractivity contribution in [3.05, 3.63) is 60.7 Å². The molecule has 0 saturated heterocycles. The van der Waals surface area contributed by atoms with Crippen molar-refractivity contribution in [2.24, 2.45) is 47.3 Å². The molecule has 4 bridgehead atoms. The molecular weight excluding hydrogens is 731 g/mol. The Labute approximate surface area is 334 Å². The summed E-state index contributed by atoms with van der Waals surface area (Å²) in [5, 5.41) is 14.1. The third-order valence-electron chi connectivity index (χ3n) is 12.1. The van der Waals surface area contributed by atoms with Crippen molar-refractivity contribution in [1.82, 2.24) is 25.8 Å². The summed E-state index contributed by atoms with van der Waals surface area (Å²) in [5.41, 5.74) is 1.12. The lowest BCUT2D eigenvalue weighted by molar-refractivity contribution is -0.147. The molecule has 4 aliphatic rings. The summed E-state index contributed by atoms with van der Waals surface area (Å²) in [7, 11) is 7.80. The van der Waals surface area contributed by atoms with Gasteiger partial charge in [0.15, 0.2) is 0 Å². The monoisotopic (exact) mass is 787 g/mol. The largest absolute Gasteiger partial charge is 0.446 e. The molecular formula is C42H57N7O8. The Kier molecular flexibility index (Phi) is 13.8. The first-order chi connectivity index (χ1) is 27.4. The molecule has 57 heavy (non-hydrogen) atoms. The first kappa shape index (κ1) is 41.6. The lowest BCUT2D eigenvalue weighted by Gasteiger charge is -2.36. The molecule has 4 saturated carbocycles. The molecule has 4 aliphatic carbocycles. The Morgan fingerprint density at radius 1 is 0.544 bits per heavy atom. The van der Waals surface area contributed by atoms with Gasteiger partial charge in [-0.25, -0.2) is 9.59 Å². The predicted octanol–water partition coefficient (Wildman–Crippen LogP) is 3.54. The zero-order chi connectivity index (χ0) is 40.6. The van der Waals surface area contributed by atoms with Crippen LogP contribution in [0.5, 0.6) is 0 Å². The number of fused-ring (bicyclic) bond motifs is 4. The highest BCUT2D eigenvalue weighted by Crippen LogP contribution is 2.55. The third-order valence-corrected chi connectivity index (χ3v) is 12.1. The molecule has 15 nitrogen and oxygen atoms in total. The summed E-state index contributed by atoms with van der Waals surface area (Å²) >= 11 is 0. The van der Waals surface area contributed by atoms with Gasteiger partial charge >= 0.3 is 12.2 Å². The van der Waals surface area contributed by atoms with Crippen LogP contribution in [-0.2, 0) is 28.7 Å². The summed E-state index contributed by atoms with van der Waals surface area (Å²) < 4.78 is 11.7. The molecule has 4 fully saturated rings. The van der Waals surface area contributed by atoms with E-state index in [9.17, 15) is 28.8 Å². The number of anilines is 2. The number of hydrogen-bond acceptors (Lipinski definition) is 10. The number of hydrogen-bond donors (Lipinski definition) is 5. The van der Waals surface area contributed by atoms with E-state index in [0.29, 0.717) is 50.1 Å². The molecule has 0 radical (unpaired) electrons. The van der Waals surface area contributed by atoms with Crippen LogP contribution in [0.2, 0.25) is 0 Å². The smallest absolute Gasteiger partial charge is 0.411 e. The van der Waals surface area contributed by atoms with E-state index >= 15 is 0 Å². The van der Waals surface area contributed by atoms with E-state index in [0.717, 1.165) is 25.9 Å². The van der Waals surface area contributed by atoms with Crippen LogP contribution < -0.4 is 26.6 Å². The Hall–Kier alpha value is -5.02. The molecule has 6 rings (SSSR count). The maximum atomic E-state index is 14.4. The first-order valence-electron chi connectivity index (χ1n) is 20.1. The van der Waals surface area contributed by atoms with Crippen LogP contribution in [0.4, 0.5) is 21.0 Å². The number of carbonyl (C=O) groups is 6. The summed E-state index contributed by atoms with van der Waals surface area (Å²) in [6.07, 6.45) is 0.585. The van der Waals surface area contributed by atoms with Gasteiger partial charge in [-0.05, 0) is 116 Å². The van der Waals surface area contributed by atoms with Crippen LogP contribution >= 0.6 is 0 Å². The molecule has 15 heteroatoms. The molecule has 10 atom stereocenters. The molecule has 10 unspecified atom stereocenters. The number of rotatable bonds is 16. The molecule has 2 aromatic carbocycles. The van der Waals surface area contributed by atoms with Gasteiger partial charge in [0.2, 0.25) is 23.6 Å². The fraction of sp³-hybridized carbons (Fsp3) is 0.571. The minimum Gasteiger partial charge on any atom is -0.446 e. The predicted molar refractivity (Wildman–Crippen MR) is 213 cm³/mol. The number of imide groups is 1. The fourth-order valence-electron chi connectivity index (χ4n) is 9.69. The van der Waals surface area contributed by atoms with Crippen molar-refractivity contribution in [2.75, 3.05) is 65.0 Å². The van der Waals surface area contributed by atoms with Gasteiger partial charge in [-0.2, -0.15) is 0 Å². The second kappa shape index (κ2) is 18.9. The van der Waals surface area contributed by atoms with Crippen LogP contribution in [0.25, 0.3) is 0 Å². The van der Waals surface area contributed by atoms with Crippen LogP contribution in [0, 0.1) is 47.3 Å². The maximum Gasteiger partial charge on any atom is 0.411 e. The Balaban J connectivity index is 1.18. The van der Waals surface area contributed by atoms with Gasteiger partial charge in [0, 0.05) is 36.3 Å². The van der Waals surface area contributed by atoms with Crippen LogP contribution in [0.15, 0.2) is 60.7 Å². The number of ether oxygens (including phenoxy) is 2. The van der Waals surface area contributed by atoms with Gasteiger partial charge in [-0.3, -0.25) is 35.1 Å². The summed E-state index contributed by atoms with van der Waals surface area (Å²) in [4.78, 5) is 86.4. The lowest BCUT2D eigenvalue weighted by atomic mass is 9.75. The number of amides is 6. The number of carbonyl (C=O) groups excluding carboxylic acids is 6. The fourth-order valence-corrected chi connectivity index (χ4v) is 9.69. The highest BCUT2D eigenvalue weighted by atomic mass is 16.6. The van der Waals surface area contributed by atoms with Crippen molar-refractivity contribution in [1.29, 1.82) is 0 Å². The first-order valence-corrected chi connectivity index (χ1v) is 20.1. The Morgan fingerprint density at radius 2 is 0.930 bits per heavy atom. The number of benzene rings is 2. The second-order valence-electron chi connectivity index (χ2n) is 16.5. The summed E-state index contributed by atoms with van der Waals surface area (Å²) in [5.74, 6) is -6.65. The zero-order valence-electron chi connectivity index (χ0n) is 33.3. The van der Waals surface area contributed by atoms with E-state index < -0.39 is 71.7 Å². The van der Waals surface area contributed by atoms with Crippen molar-refractivity contribution >= 4 is 47.2 Å². The minimum atomic E-state index is -0.948. The van der Waals surface area contributed by atoms with E-state index in [1.165, 1.54) is 0 Å². The number of nitrogens with one attached hydrogen (secondary N) is 5. The molecule has 0 aliphatic heterocycles. The molecule has 2 aromatic rings. The molecule has 5 N–H and O–H groups in total. The maximum absolute atomic E-state index is 14.4. The number of para-hydroxylation sites is 2. The van der Waals surface area contributed by atoms with E-state index in [2.05, 4.69) is 26.6 Å². The lowest BCUT2D eigenvalue weighted by Crippen LogP contribution is -2.53. The van der Waals surface area contributed by atoms with Crippen molar-refractivity contribution in [3.63, 3.8) is 0 Å². The standard InChI is InChI=1S/C42H57N7O8/c1-48(2)19-11-17-43-37(50)33-25-21-29(31(23-25)56-41(54)45-27-13-7-5-8-14-27)35(33)39(52)47-40(53)36-30-22-26(34(36)38(51)44-18-12-20-49(3)4)24-32(30)57-42(55)46-28-15-9-6-10-16-28/h5-10,13-16,25-26,29-36H,11-12,17-24H2,1-4H3,(H,43,50)(H,44,51)(H,45,54)(H,46,55)(H,47,52,53). The highest BCUT2D eigenvalue weighted by Gasteiger charge is 2.62. The normalized spacial score (nSPS) is 28.2. The average Bonchev–Trinajstić information content (AvgIpc) is 3.95. The van der Waals surface area contributed by atoms with Crippen LogP contribution in [0.3, 0.4) is 0 Å². The SMILES string of the molecule is CN(C)CCCNC(=O)C1C2CC(OC(=O)Nc3ccccc3)C(C2)C1C(=O)NC(=O)C1C2CC(CC2OC(=O)Nc2ccccc2)C1C(=O)NCCCN(C)C. The van der Waals surface area contributed by atoms with Gasteiger partial charge in [0.1, 0.15) is 12.2 Å². The topological polar surface area (TPSA) is 188 Å². The van der Waals surface area contributed by atoms with Gasteiger partial charge in [0.05, 0.1) is 23.7 Å². The Bertz CT molecular complexity index is 1620. The van der Waals surface area contributed by atoms with E-state index in [1.54, 1.807) is 48.5 Å². The van der Waals surface area contributed by atoms with E-state index in [1.807, 2.05) is 50.1 Å². The highest BCUT2D eigenvalue weighted by molar-refractivity contribution is 6.02. The molecule has 6 amide bonds. The molecule has 0 heterocycles. The molecule has 0 spiro atoms. The van der Waals surface area contributed by atoms with Crippen molar-refractivity contribution in [2.45, 2.75) is 50.7 Å². The van der Waals surface area contributed by atoms with Gasteiger partial charge < -0.3 is 29.9 Å². The van der Waals surface area contributed by atoms with Crippen molar-refractivity contribution < 1.29 is 38.2 Å². The van der Waals surface area contributed by atoms with Gasteiger partial charge in [0.25, 0.3) is 0 Å². The molecule has 0 aromatic heterocycles. The van der Waals surface area contributed by atoms with Crippen LogP contribution in [-0.4, -0.2) is 112 Å². The summed E-state index contributed by atoms with van der Waals surface area (Å²) in [6.45, 7) is 2.39. The van der Waals surface area contributed by atoms with Gasteiger partial charge in [-0.15, -0.1) is 0 Å².